The highest BCUT2D eigenvalue weighted by molar-refractivity contribution is 7.89. The molecule has 0 spiro atoms. The molecule has 6 nitrogen and oxygen atoms in total. The maximum atomic E-state index is 12.4. The summed E-state index contributed by atoms with van der Waals surface area (Å²) in [5.74, 6) is -0.728. The van der Waals surface area contributed by atoms with Crippen molar-refractivity contribution in [1.82, 2.24) is 4.31 Å². The molecule has 9 heteroatoms. The Morgan fingerprint density at radius 1 is 1.30 bits per heavy atom. The summed E-state index contributed by atoms with van der Waals surface area (Å²) in [6, 6.07) is 4.58. The van der Waals surface area contributed by atoms with E-state index < -0.39 is 42.1 Å². The molecule has 0 atom stereocenters. The molecule has 0 aliphatic heterocycles. The van der Waals surface area contributed by atoms with E-state index in [1.807, 2.05) is 0 Å². The lowest BCUT2D eigenvalue weighted by Crippen LogP contribution is -2.37. The molecule has 0 fully saturated rings. The van der Waals surface area contributed by atoms with E-state index in [1.165, 1.54) is 12.1 Å². The van der Waals surface area contributed by atoms with Crippen LogP contribution in [0.4, 0.5) is 8.78 Å². The predicted molar refractivity (Wildman–Crippen MR) is 66.8 cm³/mol. The van der Waals surface area contributed by atoms with E-state index >= 15 is 0 Å². The van der Waals surface area contributed by atoms with Gasteiger partial charge >= 0.3 is 0 Å². The van der Waals surface area contributed by atoms with Gasteiger partial charge in [-0.1, -0.05) is 0 Å². The zero-order valence-electron chi connectivity index (χ0n) is 10.4. The van der Waals surface area contributed by atoms with Crippen molar-refractivity contribution in [2.24, 2.45) is 5.73 Å². The van der Waals surface area contributed by atoms with Gasteiger partial charge in [0.05, 0.1) is 18.0 Å². The van der Waals surface area contributed by atoms with Gasteiger partial charge in [-0.2, -0.15) is 4.31 Å². The second kappa shape index (κ2) is 6.73. The Morgan fingerprint density at radius 2 is 1.85 bits per heavy atom. The molecular formula is C11H14F2N2O4S. The zero-order chi connectivity index (χ0) is 15.3. The zero-order valence-corrected chi connectivity index (χ0v) is 11.2. The number of benzene rings is 1. The van der Waals surface area contributed by atoms with E-state index in [0.29, 0.717) is 4.31 Å². The fraction of sp³-hybridized carbons (Fsp3) is 0.364. The van der Waals surface area contributed by atoms with Crippen molar-refractivity contribution in [2.75, 3.05) is 19.7 Å². The van der Waals surface area contributed by atoms with Gasteiger partial charge in [0.25, 0.3) is 6.43 Å². The van der Waals surface area contributed by atoms with Crippen molar-refractivity contribution in [3.8, 4) is 0 Å². The quantitative estimate of drug-likeness (QED) is 0.742. The van der Waals surface area contributed by atoms with E-state index in [2.05, 4.69) is 0 Å². The van der Waals surface area contributed by atoms with Gasteiger partial charge in [-0.25, -0.2) is 17.2 Å². The molecule has 0 saturated heterocycles. The summed E-state index contributed by atoms with van der Waals surface area (Å²) in [7, 11) is -4.16. The molecule has 0 bridgehead atoms. The summed E-state index contributed by atoms with van der Waals surface area (Å²) >= 11 is 0. The van der Waals surface area contributed by atoms with Gasteiger partial charge in [0.1, 0.15) is 0 Å². The summed E-state index contributed by atoms with van der Waals surface area (Å²) in [5, 5.41) is 8.76. The number of aliphatic hydroxyl groups is 1. The molecule has 3 N–H and O–H groups in total. The number of primary amides is 1. The first-order valence-electron chi connectivity index (χ1n) is 5.58. The highest BCUT2D eigenvalue weighted by Crippen LogP contribution is 2.17. The Labute approximate surface area is 114 Å². The van der Waals surface area contributed by atoms with Crippen molar-refractivity contribution >= 4 is 15.9 Å². The Morgan fingerprint density at radius 3 is 2.25 bits per heavy atom. The van der Waals surface area contributed by atoms with Gasteiger partial charge in [-0.05, 0) is 24.3 Å². The van der Waals surface area contributed by atoms with Gasteiger partial charge in [-0.3, -0.25) is 4.79 Å². The van der Waals surface area contributed by atoms with Gasteiger partial charge in [-0.15, -0.1) is 0 Å². The van der Waals surface area contributed by atoms with E-state index in [-0.39, 0.29) is 10.5 Å². The summed E-state index contributed by atoms with van der Waals surface area (Å²) in [5.41, 5.74) is 5.12. The lowest BCUT2D eigenvalue weighted by Gasteiger charge is -2.20. The number of carbonyl (C=O) groups is 1. The minimum atomic E-state index is -4.16. The Kier molecular flexibility index (Phi) is 5.54. The lowest BCUT2D eigenvalue weighted by atomic mass is 10.2. The van der Waals surface area contributed by atoms with Crippen LogP contribution in [-0.2, 0) is 10.0 Å². The minimum absolute atomic E-state index is 0.103. The number of alkyl halides is 2. The maximum Gasteiger partial charge on any atom is 0.252 e. The molecule has 1 aromatic rings. The van der Waals surface area contributed by atoms with Crippen molar-refractivity contribution in [3.05, 3.63) is 29.8 Å². The molecular weight excluding hydrogens is 294 g/mol. The van der Waals surface area contributed by atoms with Gasteiger partial charge in [0.2, 0.25) is 15.9 Å². The van der Waals surface area contributed by atoms with Crippen molar-refractivity contribution in [1.29, 1.82) is 0 Å². The molecule has 1 amide bonds. The molecule has 20 heavy (non-hydrogen) atoms. The number of carbonyl (C=O) groups excluding carboxylic acids is 1. The molecule has 1 rings (SSSR count). The predicted octanol–water partition coefficient (Wildman–Crippen LogP) is 0.0336. The van der Waals surface area contributed by atoms with Crippen LogP contribution in [0.15, 0.2) is 29.2 Å². The minimum Gasteiger partial charge on any atom is -0.395 e. The Bertz CT molecular complexity index is 560. The van der Waals surface area contributed by atoms with E-state index in [4.69, 9.17) is 10.8 Å². The smallest absolute Gasteiger partial charge is 0.252 e. The fourth-order valence-corrected chi connectivity index (χ4v) is 2.92. The van der Waals surface area contributed by atoms with Gasteiger partial charge < -0.3 is 10.8 Å². The van der Waals surface area contributed by atoms with E-state index in [9.17, 15) is 22.0 Å². The normalized spacial score (nSPS) is 12.1. The highest BCUT2D eigenvalue weighted by atomic mass is 32.2. The maximum absolute atomic E-state index is 12.4. The molecule has 0 saturated carbocycles. The SMILES string of the molecule is NC(=O)c1ccc(S(=O)(=O)N(CCO)CC(F)F)cc1. The topological polar surface area (TPSA) is 101 Å². The lowest BCUT2D eigenvalue weighted by molar-refractivity contribution is 0.1000. The third kappa shape index (κ3) is 3.95. The standard InChI is InChI=1S/C11H14F2N2O4S/c12-10(13)7-15(5-6-16)20(18,19)9-3-1-8(2-4-9)11(14)17/h1-4,10,16H,5-7H2,(H2,14,17). The molecule has 0 aromatic heterocycles. The molecule has 112 valence electrons. The van der Waals surface area contributed by atoms with E-state index in [0.717, 1.165) is 12.1 Å². The van der Waals surface area contributed by atoms with Gasteiger partial charge in [0.15, 0.2) is 0 Å². The number of halogens is 2. The second-order valence-electron chi connectivity index (χ2n) is 3.87. The number of nitrogens with zero attached hydrogens (tertiary/aromatic N) is 1. The Balaban J connectivity index is 3.08. The van der Waals surface area contributed by atoms with Crippen LogP contribution in [-0.4, -0.2) is 49.9 Å². The van der Waals surface area contributed by atoms with Crippen LogP contribution in [0.3, 0.4) is 0 Å². The first kappa shape index (κ1) is 16.5. The first-order valence-corrected chi connectivity index (χ1v) is 7.02. The molecule has 1 aromatic carbocycles. The fourth-order valence-electron chi connectivity index (χ4n) is 1.52. The summed E-state index contributed by atoms with van der Waals surface area (Å²) in [6.45, 7) is -2.03. The number of rotatable bonds is 7. The van der Waals surface area contributed by atoms with E-state index in [1.54, 1.807) is 0 Å². The molecule has 0 radical (unpaired) electrons. The van der Waals surface area contributed by atoms with Crippen molar-refractivity contribution in [3.63, 3.8) is 0 Å². The number of amides is 1. The van der Waals surface area contributed by atoms with Crippen molar-refractivity contribution < 1.29 is 27.1 Å². The molecule has 0 unspecified atom stereocenters. The number of hydrogen-bond acceptors (Lipinski definition) is 4. The third-order valence-corrected chi connectivity index (χ3v) is 4.35. The molecule has 0 aliphatic rings. The highest BCUT2D eigenvalue weighted by Gasteiger charge is 2.26. The van der Waals surface area contributed by atoms with Crippen molar-refractivity contribution in [2.45, 2.75) is 11.3 Å². The Hall–Kier alpha value is -1.58. The van der Waals surface area contributed by atoms with Crippen LogP contribution in [0.25, 0.3) is 0 Å². The van der Waals surface area contributed by atoms with Crippen LogP contribution in [0.5, 0.6) is 0 Å². The first-order chi connectivity index (χ1) is 9.28. The largest absolute Gasteiger partial charge is 0.395 e. The monoisotopic (exact) mass is 308 g/mol. The number of sulfonamides is 1. The molecule has 0 heterocycles. The second-order valence-corrected chi connectivity index (χ2v) is 5.80. The molecule has 0 aliphatic carbocycles. The van der Waals surface area contributed by atoms with Crippen LogP contribution < -0.4 is 5.73 Å². The summed E-state index contributed by atoms with van der Waals surface area (Å²) in [6.07, 6.45) is -2.86. The number of aliphatic hydroxyl groups excluding tert-OH is 1. The number of nitrogens with two attached hydrogens (primary N) is 1. The van der Waals surface area contributed by atoms with Crippen LogP contribution in [0.1, 0.15) is 10.4 Å². The van der Waals surface area contributed by atoms with Crippen LogP contribution >= 0.6 is 0 Å². The van der Waals surface area contributed by atoms with Gasteiger partial charge in [0, 0.05) is 12.1 Å². The third-order valence-electron chi connectivity index (χ3n) is 2.47. The van der Waals surface area contributed by atoms with Crippen LogP contribution in [0.2, 0.25) is 0 Å². The summed E-state index contributed by atoms with van der Waals surface area (Å²) < 4.78 is 49.4. The average Bonchev–Trinajstić information content (AvgIpc) is 2.37. The average molecular weight is 308 g/mol. The number of hydrogen-bond donors (Lipinski definition) is 2. The summed E-state index contributed by atoms with van der Waals surface area (Å²) in [4.78, 5) is 10.6. The van der Waals surface area contributed by atoms with Crippen LogP contribution in [0, 0.1) is 0 Å².